The molecule has 2 N–H and O–H groups in total. The Hall–Kier alpha value is -0.0700. The highest BCUT2D eigenvalue weighted by Crippen LogP contribution is 2.24. The SMILES string of the molecule is C=CCOCC[N+]1(CCOP(O)O)CCOCC1. The molecule has 0 saturated carbocycles. The summed E-state index contributed by atoms with van der Waals surface area (Å²) >= 11 is 0. The maximum Gasteiger partial charge on any atom is 0.327 e. The normalized spacial score (nSPS) is 19.1. The van der Waals surface area contributed by atoms with Crippen LogP contribution < -0.4 is 0 Å². The van der Waals surface area contributed by atoms with E-state index in [4.69, 9.17) is 23.8 Å². The van der Waals surface area contributed by atoms with Gasteiger partial charge in [-0.15, -0.1) is 6.58 Å². The zero-order valence-electron chi connectivity index (χ0n) is 10.7. The molecule has 1 fully saturated rings. The van der Waals surface area contributed by atoms with Crippen molar-refractivity contribution in [3.63, 3.8) is 0 Å². The minimum absolute atomic E-state index is 0.347. The Kier molecular flexibility index (Phi) is 7.93. The van der Waals surface area contributed by atoms with Crippen molar-refractivity contribution in [3.05, 3.63) is 12.7 Å². The molecule has 1 heterocycles. The van der Waals surface area contributed by atoms with Gasteiger partial charge in [0, 0.05) is 0 Å². The van der Waals surface area contributed by atoms with Crippen molar-refractivity contribution in [2.45, 2.75) is 0 Å². The molecule has 0 unspecified atom stereocenters. The highest BCUT2D eigenvalue weighted by Gasteiger charge is 2.30. The molecule has 1 aliphatic heterocycles. The van der Waals surface area contributed by atoms with E-state index in [1.54, 1.807) is 6.08 Å². The number of quaternary nitrogens is 1. The van der Waals surface area contributed by atoms with Crippen LogP contribution >= 0.6 is 8.60 Å². The van der Waals surface area contributed by atoms with Crippen LogP contribution in [0.4, 0.5) is 0 Å². The number of nitrogens with zero attached hydrogens (tertiary/aromatic N) is 1. The van der Waals surface area contributed by atoms with E-state index in [-0.39, 0.29) is 0 Å². The summed E-state index contributed by atoms with van der Waals surface area (Å²) in [6, 6.07) is 0. The standard InChI is InChI=1S/C11H23NO5P/c1-2-7-15-8-3-12(4-9-16-10-5-12)6-11-17-18(13)14/h2,13-14H,1,3-11H2/q+1. The maximum atomic E-state index is 8.74. The average Bonchev–Trinajstić information content (AvgIpc) is 2.36. The van der Waals surface area contributed by atoms with E-state index >= 15 is 0 Å². The Bertz CT molecular complexity index is 233. The lowest BCUT2D eigenvalue weighted by atomic mass is 10.3. The van der Waals surface area contributed by atoms with Gasteiger partial charge in [0.05, 0.1) is 26.4 Å². The summed E-state index contributed by atoms with van der Waals surface area (Å²) in [6.07, 6.45) is 1.73. The molecule has 0 aromatic rings. The highest BCUT2D eigenvalue weighted by molar-refractivity contribution is 7.39. The van der Waals surface area contributed by atoms with Crippen molar-refractivity contribution in [3.8, 4) is 0 Å². The van der Waals surface area contributed by atoms with E-state index in [1.807, 2.05) is 0 Å². The molecule has 0 atom stereocenters. The summed E-state index contributed by atoms with van der Waals surface area (Å²) in [4.78, 5) is 17.5. The fraction of sp³-hybridized carbons (Fsp3) is 0.818. The number of rotatable bonds is 9. The predicted molar refractivity (Wildman–Crippen MR) is 68.9 cm³/mol. The Morgan fingerprint density at radius 3 is 2.50 bits per heavy atom. The molecule has 7 heteroatoms. The van der Waals surface area contributed by atoms with Crippen molar-refractivity contribution >= 4 is 8.60 Å². The molecule has 106 valence electrons. The van der Waals surface area contributed by atoms with E-state index in [2.05, 4.69) is 6.58 Å². The quantitative estimate of drug-likeness (QED) is 0.274. The predicted octanol–water partition coefficient (Wildman–Crippen LogP) is 0.264. The maximum absolute atomic E-state index is 8.74. The smallest absolute Gasteiger partial charge is 0.327 e. The van der Waals surface area contributed by atoms with E-state index in [1.165, 1.54) is 0 Å². The van der Waals surface area contributed by atoms with Gasteiger partial charge in [-0.25, -0.2) is 0 Å². The highest BCUT2D eigenvalue weighted by atomic mass is 31.2. The minimum atomic E-state index is -2.25. The molecular formula is C11H23NO5P+. The summed E-state index contributed by atoms with van der Waals surface area (Å²) in [7, 11) is -2.25. The third-order valence-corrected chi connectivity index (χ3v) is 3.55. The fourth-order valence-electron chi connectivity index (χ4n) is 2.03. The van der Waals surface area contributed by atoms with Gasteiger partial charge in [-0.1, -0.05) is 6.08 Å². The Morgan fingerprint density at radius 1 is 1.22 bits per heavy atom. The second-order valence-electron chi connectivity index (χ2n) is 4.30. The van der Waals surface area contributed by atoms with E-state index in [9.17, 15) is 0 Å². The van der Waals surface area contributed by atoms with Crippen LogP contribution in [0.2, 0.25) is 0 Å². The molecule has 0 radical (unpaired) electrons. The van der Waals surface area contributed by atoms with Crippen LogP contribution in [0.3, 0.4) is 0 Å². The minimum Gasteiger partial charge on any atom is -0.372 e. The summed E-state index contributed by atoms with van der Waals surface area (Å²) in [6.45, 7) is 10.1. The third kappa shape index (κ3) is 6.20. The van der Waals surface area contributed by atoms with E-state index in [0.717, 1.165) is 43.9 Å². The van der Waals surface area contributed by atoms with Crippen molar-refractivity contribution < 1.29 is 28.3 Å². The van der Waals surface area contributed by atoms with Crippen LogP contribution in [0.5, 0.6) is 0 Å². The summed E-state index contributed by atoms with van der Waals surface area (Å²) in [5.74, 6) is 0. The second kappa shape index (κ2) is 8.93. The van der Waals surface area contributed by atoms with Crippen LogP contribution in [0.15, 0.2) is 12.7 Å². The van der Waals surface area contributed by atoms with Crippen LogP contribution in [-0.2, 0) is 14.0 Å². The van der Waals surface area contributed by atoms with Gasteiger partial charge in [0.15, 0.2) is 0 Å². The first-order valence-electron chi connectivity index (χ1n) is 6.11. The van der Waals surface area contributed by atoms with Gasteiger partial charge in [0.1, 0.15) is 32.8 Å². The Morgan fingerprint density at radius 2 is 1.89 bits per heavy atom. The Labute approximate surface area is 109 Å². The summed E-state index contributed by atoms with van der Waals surface area (Å²) in [5.41, 5.74) is 0. The zero-order valence-corrected chi connectivity index (χ0v) is 11.6. The van der Waals surface area contributed by atoms with Gasteiger partial charge >= 0.3 is 8.60 Å². The third-order valence-electron chi connectivity index (χ3n) is 3.14. The molecule has 0 aliphatic carbocycles. The van der Waals surface area contributed by atoms with Gasteiger partial charge in [-0.2, -0.15) is 0 Å². The molecular weight excluding hydrogens is 257 g/mol. The molecule has 0 amide bonds. The lowest BCUT2D eigenvalue weighted by Gasteiger charge is -2.41. The molecule has 0 spiro atoms. The Balaban J connectivity index is 2.34. The van der Waals surface area contributed by atoms with E-state index in [0.29, 0.717) is 19.8 Å². The van der Waals surface area contributed by atoms with Crippen LogP contribution in [0.1, 0.15) is 0 Å². The monoisotopic (exact) mass is 280 g/mol. The first-order chi connectivity index (χ1) is 8.68. The van der Waals surface area contributed by atoms with Crippen LogP contribution in [0, 0.1) is 0 Å². The second-order valence-corrected chi connectivity index (χ2v) is 5.06. The molecule has 0 aromatic carbocycles. The van der Waals surface area contributed by atoms with E-state index < -0.39 is 8.60 Å². The van der Waals surface area contributed by atoms with Gasteiger partial charge in [-0.3, -0.25) is 0 Å². The van der Waals surface area contributed by atoms with Gasteiger partial charge in [-0.05, 0) is 0 Å². The fourth-order valence-corrected chi connectivity index (χ4v) is 2.28. The first kappa shape index (κ1) is 16.0. The van der Waals surface area contributed by atoms with Crippen LogP contribution in [0.25, 0.3) is 0 Å². The average molecular weight is 280 g/mol. The topological polar surface area (TPSA) is 68.2 Å². The molecule has 1 rings (SSSR count). The number of ether oxygens (including phenoxy) is 2. The first-order valence-corrected chi connectivity index (χ1v) is 7.27. The van der Waals surface area contributed by atoms with Crippen molar-refractivity contribution in [2.24, 2.45) is 0 Å². The number of hydrogen-bond acceptors (Lipinski definition) is 5. The molecule has 0 aromatic heterocycles. The van der Waals surface area contributed by atoms with Gasteiger partial charge < -0.3 is 28.3 Å². The van der Waals surface area contributed by atoms with Crippen molar-refractivity contribution in [1.82, 2.24) is 0 Å². The summed E-state index contributed by atoms with van der Waals surface area (Å²) in [5, 5.41) is 0. The van der Waals surface area contributed by atoms with Crippen LogP contribution in [-0.4, -0.2) is 73.5 Å². The molecule has 18 heavy (non-hydrogen) atoms. The molecule has 6 nitrogen and oxygen atoms in total. The van der Waals surface area contributed by atoms with Gasteiger partial charge in [0.2, 0.25) is 0 Å². The summed E-state index contributed by atoms with van der Waals surface area (Å²) < 4.78 is 16.5. The van der Waals surface area contributed by atoms with Crippen molar-refractivity contribution in [2.75, 3.05) is 59.2 Å². The molecule has 0 bridgehead atoms. The lowest BCUT2D eigenvalue weighted by molar-refractivity contribution is -0.935. The molecule has 1 saturated heterocycles. The molecule has 1 aliphatic rings. The van der Waals surface area contributed by atoms with Gasteiger partial charge in [0.25, 0.3) is 0 Å². The zero-order chi connectivity index (χ0) is 13.3. The van der Waals surface area contributed by atoms with Crippen molar-refractivity contribution in [1.29, 1.82) is 0 Å². The number of morpholine rings is 1. The lowest BCUT2D eigenvalue weighted by Crippen LogP contribution is -2.57. The number of hydrogen-bond donors (Lipinski definition) is 2. The largest absolute Gasteiger partial charge is 0.372 e.